The van der Waals surface area contributed by atoms with Crippen molar-refractivity contribution in [3.05, 3.63) is 47.3 Å². The maximum Gasteiger partial charge on any atom is 0.191 e. The van der Waals surface area contributed by atoms with Crippen LogP contribution >= 0.6 is 24.0 Å². The van der Waals surface area contributed by atoms with Crippen LogP contribution < -0.4 is 15.4 Å². The molecule has 1 aromatic heterocycles. The first-order valence-corrected chi connectivity index (χ1v) is 9.24. The summed E-state index contributed by atoms with van der Waals surface area (Å²) in [4.78, 5) is 4.24. The first kappa shape index (κ1) is 23.3. The number of aromatic nitrogens is 1. The molecule has 150 valence electrons. The van der Waals surface area contributed by atoms with Gasteiger partial charge in [0.1, 0.15) is 5.75 Å². The van der Waals surface area contributed by atoms with Gasteiger partial charge >= 0.3 is 0 Å². The minimum Gasteiger partial charge on any atom is -0.494 e. The van der Waals surface area contributed by atoms with E-state index in [9.17, 15) is 0 Å². The van der Waals surface area contributed by atoms with Gasteiger partial charge < -0.3 is 19.9 Å². The number of rotatable bonds is 9. The monoisotopic (exact) mass is 486 g/mol. The second-order valence-electron chi connectivity index (χ2n) is 6.47. The van der Waals surface area contributed by atoms with Gasteiger partial charge in [-0.1, -0.05) is 38.1 Å². The Kier molecular flexibility index (Phi) is 10.8. The number of nitrogens with zero attached hydrogens (tertiary/aromatic N) is 2. The normalized spacial score (nSPS) is 11.2. The number of benzene rings is 1. The molecule has 2 N–H and O–H groups in total. The molecule has 0 saturated carbocycles. The minimum absolute atomic E-state index is 0. The zero-order valence-electron chi connectivity index (χ0n) is 16.6. The molecule has 0 unspecified atom stereocenters. The molecule has 0 aliphatic rings. The van der Waals surface area contributed by atoms with E-state index in [0.29, 0.717) is 12.5 Å². The molecule has 6 nitrogen and oxygen atoms in total. The Morgan fingerprint density at radius 3 is 2.74 bits per heavy atom. The molecule has 0 atom stereocenters. The predicted molar refractivity (Wildman–Crippen MR) is 120 cm³/mol. The molecule has 0 aliphatic carbocycles. The number of aliphatic imine (C=N–C) groups is 1. The quantitative estimate of drug-likeness (QED) is 0.317. The van der Waals surface area contributed by atoms with E-state index < -0.39 is 0 Å². The van der Waals surface area contributed by atoms with Gasteiger partial charge in [-0.2, -0.15) is 0 Å². The van der Waals surface area contributed by atoms with Gasteiger partial charge in [-0.25, -0.2) is 0 Å². The lowest BCUT2D eigenvalue weighted by molar-refractivity contribution is 0.317. The summed E-state index contributed by atoms with van der Waals surface area (Å²) in [5.41, 5.74) is 2.20. The summed E-state index contributed by atoms with van der Waals surface area (Å²) >= 11 is 0. The van der Waals surface area contributed by atoms with Crippen molar-refractivity contribution in [1.82, 2.24) is 15.8 Å². The van der Waals surface area contributed by atoms with Gasteiger partial charge in [-0.3, -0.25) is 4.99 Å². The van der Waals surface area contributed by atoms with E-state index in [1.165, 1.54) is 5.56 Å². The number of nitrogens with one attached hydrogen (secondary N) is 2. The van der Waals surface area contributed by atoms with E-state index >= 15 is 0 Å². The van der Waals surface area contributed by atoms with Crippen molar-refractivity contribution in [2.75, 3.05) is 20.2 Å². The minimum atomic E-state index is 0. The summed E-state index contributed by atoms with van der Waals surface area (Å²) in [5, 5.41) is 10.6. The summed E-state index contributed by atoms with van der Waals surface area (Å²) in [7, 11) is 1.76. The lowest BCUT2D eigenvalue weighted by atomic mass is 10.1. The molecule has 2 aromatic rings. The number of guanidine groups is 1. The summed E-state index contributed by atoms with van der Waals surface area (Å²) < 4.78 is 11.0. The lowest BCUT2D eigenvalue weighted by Crippen LogP contribution is -2.37. The van der Waals surface area contributed by atoms with E-state index in [2.05, 4.69) is 53.7 Å². The molecule has 0 aliphatic heterocycles. The Labute approximate surface area is 179 Å². The lowest BCUT2D eigenvalue weighted by Gasteiger charge is -2.11. The van der Waals surface area contributed by atoms with Crippen LogP contribution in [-0.4, -0.2) is 31.3 Å². The molecule has 0 saturated heterocycles. The molecule has 0 fully saturated rings. The van der Waals surface area contributed by atoms with Gasteiger partial charge in [0.2, 0.25) is 0 Å². The van der Waals surface area contributed by atoms with Crippen molar-refractivity contribution in [3.63, 3.8) is 0 Å². The Bertz CT molecular complexity index is 701. The van der Waals surface area contributed by atoms with Gasteiger partial charge in [0, 0.05) is 19.7 Å². The molecular weight excluding hydrogens is 455 g/mol. The molecular formula is C20H31IN4O2. The molecule has 0 spiro atoms. The van der Waals surface area contributed by atoms with E-state index in [0.717, 1.165) is 49.2 Å². The summed E-state index contributed by atoms with van der Waals surface area (Å²) in [6.07, 6.45) is 1.90. The van der Waals surface area contributed by atoms with Crippen LogP contribution in [0.15, 0.2) is 39.8 Å². The standard InChI is InChI=1S/C20H30N4O2.HI/c1-5-11-25-17-8-6-7-16(12-17)9-10-22-20(21-4)23-14-18-13-19(15(2)3)24-26-18;/h6-8,12-13,15H,5,9-11,14H2,1-4H3,(H2,21,22,23);1H. The largest absolute Gasteiger partial charge is 0.494 e. The second kappa shape index (κ2) is 12.6. The highest BCUT2D eigenvalue weighted by atomic mass is 127. The summed E-state index contributed by atoms with van der Waals surface area (Å²) in [5.74, 6) is 2.84. The van der Waals surface area contributed by atoms with Crippen LogP contribution in [0.25, 0.3) is 0 Å². The van der Waals surface area contributed by atoms with Crippen LogP contribution in [0.5, 0.6) is 5.75 Å². The van der Waals surface area contributed by atoms with Crippen LogP contribution in [0.2, 0.25) is 0 Å². The van der Waals surface area contributed by atoms with Crippen molar-refractivity contribution >= 4 is 29.9 Å². The average molecular weight is 486 g/mol. The van der Waals surface area contributed by atoms with Gasteiger partial charge in [0.05, 0.1) is 18.8 Å². The van der Waals surface area contributed by atoms with Crippen molar-refractivity contribution in [1.29, 1.82) is 0 Å². The average Bonchev–Trinajstić information content (AvgIpc) is 3.12. The third kappa shape index (κ3) is 8.19. The van der Waals surface area contributed by atoms with Gasteiger partial charge in [0.15, 0.2) is 11.7 Å². The predicted octanol–water partition coefficient (Wildman–Crippen LogP) is 4.11. The van der Waals surface area contributed by atoms with Gasteiger partial charge in [0.25, 0.3) is 0 Å². The third-order valence-corrected chi connectivity index (χ3v) is 3.90. The SMILES string of the molecule is CCCOc1cccc(CCNC(=NC)NCc2cc(C(C)C)no2)c1.I. The third-order valence-electron chi connectivity index (χ3n) is 3.90. The fourth-order valence-corrected chi connectivity index (χ4v) is 2.41. The fraction of sp³-hybridized carbons (Fsp3) is 0.500. The zero-order valence-corrected chi connectivity index (χ0v) is 18.9. The van der Waals surface area contributed by atoms with E-state index in [-0.39, 0.29) is 24.0 Å². The summed E-state index contributed by atoms with van der Waals surface area (Å²) in [6, 6.07) is 10.2. The van der Waals surface area contributed by atoms with Crippen molar-refractivity contribution in [3.8, 4) is 5.75 Å². The van der Waals surface area contributed by atoms with Crippen LogP contribution in [0.3, 0.4) is 0 Å². The molecule has 27 heavy (non-hydrogen) atoms. The molecule has 0 radical (unpaired) electrons. The maximum absolute atomic E-state index is 5.68. The molecule has 0 amide bonds. The number of ether oxygens (including phenoxy) is 1. The zero-order chi connectivity index (χ0) is 18.8. The number of hydrogen-bond donors (Lipinski definition) is 2. The second-order valence-corrected chi connectivity index (χ2v) is 6.47. The highest BCUT2D eigenvalue weighted by Crippen LogP contribution is 2.14. The van der Waals surface area contributed by atoms with E-state index in [1.54, 1.807) is 7.05 Å². The highest BCUT2D eigenvalue weighted by Gasteiger charge is 2.08. The van der Waals surface area contributed by atoms with Crippen molar-refractivity contribution in [2.45, 2.75) is 46.1 Å². The maximum atomic E-state index is 5.68. The first-order chi connectivity index (χ1) is 12.6. The Morgan fingerprint density at radius 2 is 2.07 bits per heavy atom. The Morgan fingerprint density at radius 1 is 1.26 bits per heavy atom. The molecule has 2 rings (SSSR count). The summed E-state index contributed by atoms with van der Waals surface area (Å²) in [6.45, 7) is 8.38. The fourth-order valence-electron chi connectivity index (χ4n) is 2.41. The van der Waals surface area contributed by atoms with Crippen LogP contribution in [-0.2, 0) is 13.0 Å². The molecule has 1 aromatic carbocycles. The number of halogens is 1. The molecule has 7 heteroatoms. The molecule has 1 heterocycles. The van der Waals surface area contributed by atoms with Crippen molar-refractivity contribution in [2.24, 2.45) is 4.99 Å². The Hall–Kier alpha value is -1.77. The van der Waals surface area contributed by atoms with Gasteiger partial charge in [-0.05, 0) is 36.5 Å². The first-order valence-electron chi connectivity index (χ1n) is 9.24. The van der Waals surface area contributed by atoms with Crippen LogP contribution in [0, 0.1) is 0 Å². The highest BCUT2D eigenvalue weighted by molar-refractivity contribution is 14.0. The van der Waals surface area contributed by atoms with E-state index in [4.69, 9.17) is 9.26 Å². The van der Waals surface area contributed by atoms with E-state index in [1.807, 2.05) is 18.2 Å². The van der Waals surface area contributed by atoms with Crippen LogP contribution in [0.4, 0.5) is 0 Å². The van der Waals surface area contributed by atoms with Gasteiger partial charge in [-0.15, -0.1) is 24.0 Å². The Balaban J connectivity index is 0.00000364. The van der Waals surface area contributed by atoms with Crippen molar-refractivity contribution < 1.29 is 9.26 Å². The molecule has 0 bridgehead atoms. The van der Waals surface area contributed by atoms with Crippen LogP contribution in [0.1, 0.15) is 50.1 Å². The smallest absolute Gasteiger partial charge is 0.191 e. The topological polar surface area (TPSA) is 71.7 Å². The number of hydrogen-bond acceptors (Lipinski definition) is 4.